The van der Waals surface area contributed by atoms with Gasteiger partial charge in [-0.15, -0.1) is 0 Å². The first-order chi connectivity index (χ1) is 10.0. The number of hydrogen-bond donors (Lipinski definition) is 0. The van der Waals surface area contributed by atoms with Crippen LogP contribution < -0.4 is 0 Å². The molecule has 0 radical (unpaired) electrons. The van der Waals surface area contributed by atoms with E-state index in [0.717, 1.165) is 0 Å². The number of carbonyl (C=O) groups excluding carboxylic acids is 2. The maximum atomic E-state index is 12.2. The van der Waals surface area contributed by atoms with E-state index in [4.69, 9.17) is 0 Å². The highest BCUT2D eigenvalue weighted by atomic mass is 32.2. The lowest BCUT2D eigenvalue weighted by Gasteiger charge is -2.05. The van der Waals surface area contributed by atoms with Crippen LogP contribution in [0, 0.1) is 0 Å². The van der Waals surface area contributed by atoms with Crippen molar-refractivity contribution < 1.29 is 40.1 Å². The summed E-state index contributed by atoms with van der Waals surface area (Å²) in [6, 6.07) is 6.76. The Morgan fingerprint density at radius 3 is 1.95 bits per heavy atom. The zero-order valence-electron chi connectivity index (χ0n) is 10.4. The molecule has 0 amide bonds. The predicted octanol–water partition coefficient (Wildman–Crippen LogP) is 3.33. The molecule has 0 aliphatic rings. The van der Waals surface area contributed by atoms with Crippen LogP contribution in [-0.2, 0) is 24.9 Å². The smallest absolute Gasteiger partial charge is 0.284 e. The Hall–Kier alpha value is -1.97. The Morgan fingerprint density at radius 1 is 0.955 bits per heavy atom. The van der Waals surface area contributed by atoms with Gasteiger partial charge in [-0.25, -0.2) is 8.98 Å². The molecule has 10 heteroatoms. The van der Waals surface area contributed by atoms with Crippen molar-refractivity contribution in [2.24, 2.45) is 0 Å². The second-order valence-corrected chi connectivity index (χ2v) is 5.15. The van der Waals surface area contributed by atoms with Crippen LogP contribution in [0.1, 0.15) is 0 Å². The lowest BCUT2D eigenvalue weighted by Crippen LogP contribution is -2.28. The maximum absolute atomic E-state index is 12.2. The number of rotatable bonds is 4. The van der Waals surface area contributed by atoms with Gasteiger partial charge in [0.1, 0.15) is 0 Å². The summed E-state index contributed by atoms with van der Waals surface area (Å²) in [5.41, 5.74) is 0. The molecule has 1 rings (SSSR count). The van der Waals surface area contributed by atoms with E-state index in [0.29, 0.717) is 5.41 Å². The monoisotopic (exact) mass is 345 g/mol. The molecular weight excluding hydrogens is 338 g/mol. The molecule has 22 heavy (non-hydrogen) atoms. The second-order valence-electron chi connectivity index (χ2n) is 3.64. The number of halogens is 6. The minimum absolute atomic E-state index is 0.00586. The maximum Gasteiger partial charge on any atom is 0.496 e. The third kappa shape index (κ3) is 5.43. The Labute approximate surface area is 123 Å². The van der Waals surface area contributed by atoms with Crippen LogP contribution >= 0.6 is 0 Å². The minimum atomic E-state index is -5.30. The van der Waals surface area contributed by atoms with Crippen LogP contribution in [0.2, 0.25) is 0 Å². The van der Waals surface area contributed by atoms with Gasteiger partial charge in [-0.3, -0.25) is 4.79 Å². The molecule has 0 saturated carbocycles. The second kappa shape index (κ2) is 6.86. The van der Waals surface area contributed by atoms with Gasteiger partial charge in [0.05, 0.1) is 0 Å². The van der Waals surface area contributed by atoms with E-state index in [1.165, 1.54) is 30.3 Å². The first-order valence-corrected chi connectivity index (χ1v) is 6.60. The third-order valence-corrected chi connectivity index (χ3v) is 3.45. The molecule has 1 aromatic carbocycles. The summed E-state index contributed by atoms with van der Waals surface area (Å²) in [5.74, 6) is -4.84. The molecule has 0 heterocycles. The molecular formula is C12H7F6O3S+. The van der Waals surface area contributed by atoms with Gasteiger partial charge in [0.25, 0.3) is 17.0 Å². The summed E-state index contributed by atoms with van der Waals surface area (Å²) in [4.78, 5) is 21.5. The SMILES string of the molecule is O=C(/C=C/[S+](OC(=O)C(F)(F)F)c1ccccc1)C(F)(F)F. The van der Waals surface area contributed by atoms with Crippen LogP contribution in [-0.4, -0.2) is 24.1 Å². The van der Waals surface area contributed by atoms with Gasteiger partial charge in [0.15, 0.2) is 5.41 Å². The van der Waals surface area contributed by atoms with Gasteiger partial charge < -0.3 is 0 Å². The zero-order valence-corrected chi connectivity index (χ0v) is 11.3. The molecule has 0 fully saturated rings. The van der Waals surface area contributed by atoms with Crippen LogP contribution in [0.3, 0.4) is 0 Å². The Balaban J connectivity index is 3.01. The molecule has 0 saturated heterocycles. The molecule has 0 bridgehead atoms. The van der Waals surface area contributed by atoms with E-state index in [1.54, 1.807) is 0 Å². The summed E-state index contributed by atoms with van der Waals surface area (Å²) in [6.45, 7) is 0. The van der Waals surface area contributed by atoms with Crippen molar-refractivity contribution >= 4 is 22.9 Å². The predicted molar refractivity (Wildman–Crippen MR) is 64.4 cm³/mol. The quantitative estimate of drug-likeness (QED) is 0.478. The largest absolute Gasteiger partial charge is 0.496 e. The van der Waals surface area contributed by atoms with E-state index >= 15 is 0 Å². The molecule has 1 unspecified atom stereocenters. The van der Waals surface area contributed by atoms with Gasteiger partial charge in [-0.05, 0) is 12.1 Å². The first kappa shape index (κ1) is 18.1. The Kier molecular flexibility index (Phi) is 5.64. The van der Waals surface area contributed by atoms with Crippen molar-refractivity contribution in [2.45, 2.75) is 17.2 Å². The van der Waals surface area contributed by atoms with E-state index in [-0.39, 0.29) is 11.0 Å². The van der Waals surface area contributed by atoms with Crippen LogP contribution in [0.5, 0.6) is 0 Å². The van der Waals surface area contributed by atoms with Crippen molar-refractivity contribution in [1.82, 2.24) is 0 Å². The number of hydrogen-bond acceptors (Lipinski definition) is 3. The summed E-state index contributed by atoms with van der Waals surface area (Å²) in [5, 5.41) is 0.467. The fourth-order valence-electron chi connectivity index (χ4n) is 1.06. The van der Waals surface area contributed by atoms with Crippen molar-refractivity contribution in [3.63, 3.8) is 0 Å². The van der Waals surface area contributed by atoms with Gasteiger partial charge in [-0.1, -0.05) is 18.2 Å². The molecule has 1 atom stereocenters. The number of carbonyl (C=O) groups is 2. The Bertz CT molecular complexity index is 564. The number of ketones is 1. The third-order valence-electron chi connectivity index (χ3n) is 1.99. The normalized spacial score (nSPS) is 13.9. The van der Waals surface area contributed by atoms with Gasteiger partial charge in [-0.2, -0.15) is 26.3 Å². The lowest BCUT2D eigenvalue weighted by molar-refractivity contribution is -0.188. The van der Waals surface area contributed by atoms with E-state index < -0.39 is 35.3 Å². The highest BCUT2D eigenvalue weighted by Crippen LogP contribution is 2.24. The molecule has 0 aliphatic carbocycles. The van der Waals surface area contributed by atoms with E-state index in [2.05, 4.69) is 4.18 Å². The summed E-state index contributed by atoms with van der Waals surface area (Å²) in [6.07, 6.45) is -10.4. The van der Waals surface area contributed by atoms with Crippen molar-refractivity contribution in [3.8, 4) is 0 Å². The Morgan fingerprint density at radius 2 is 1.50 bits per heavy atom. The lowest BCUT2D eigenvalue weighted by atomic mass is 10.4. The molecule has 3 nitrogen and oxygen atoms in total. The molecule has 1 aromatic rings. The molecule has 0 aromatic heterocycles. The topological polar surface area (TPSA) is 43.4 Å². The number of allylic oxidation sites excluding steroid dienone is 1. The highest BCUT2D eigenvalue weighted by molar-refractivity contribution is 7.95. The van der Waals surface area contributed by atoms with E-state index in [9.17, 15) is 35.9 Å². The molecule has 0 N–H and O–H groups in total. The average Bonchev–Trinajstić information content (AvgIpc) is 2.41. The summed E-state index contributed by atoms with van der Waals surface area (Å²) < 4.78 is 76.8. The van der Waals surface area contributed by atoms with E-state index in [1.807, 2.05) is 0 Å². The van der Waals surface area contributed by atoms with Crippen LogP contribution in [0.15, 0.2) is 46.7 Å². The molecule has 120 valence electrons. The summed E-state index contributed by atoms with van der Waals surface area (Å²) >= 11 is -2.09. The van der Waals surface area contributed by atoms with Crippen molar-refractivity contribution in [3.05, 3.63) is 41.8 Å². The molecule has 0 spiro atoms. The fourth-order valence-corrected chi connectivity index (χ4v) is 2.30. The van der Waals surface area contributed by atoms with Gasteiger partial charge >= 0.3 is 18.3 Å². The summed E-state index contributed by atoms with van der Waals surface area (Å²) in [7, 11) is 0. The minimum Gasteiger partial charge on any atom is -0.284 e. The molecule has 0 aliphatic heterocycles. The standard InChI is InChI=1S/C12H7F6O3S/c13-11(14,15)9(19)6-7-22(8-4-2-1-3-5-8)21-10(20)12(16,17)18/h1-7H/q+1/b7-6+. The van der Waals surface area contributed by atoms with Crippen LogP contribution in [0.25, 0.3) is 0 Å². The van der Waals surface area contributed by atoms with Gasteiger partial charge in [0, 0.05) is 6.08 Å². The number of benzene rings is 1. The highest BCUT2D eigenvalue weighted by Gasteiger charge is 2.47. The van der Waals surface area contributed by atoms with Crippen LogP contribution in [0.4, 0.5) is 26.3 Å². The average molecular weight is 345 g/mol. The van der Waals surface area contributed by atoms with Crippen molar-refractivity contribution in [1.29, 1.82) is 0 Å². The zero-order chi connectivity index (χ0) is 17.0. The number of alkyl halides is 6. The van der Waals surface area contributed by atoms with Gasteiger partial charge in [0.2, 0.25) is 4.90 Å². The fraction of sp³-hybridized carbons (Fsp3) is 0.167. The van der Waals surface area contributed by atoms with Crippen molar-refractivity contribution in [2.75, 3.05) is 0 Å². The first-order valence-electron chi connectivity index (χ1n) is 5.39.